The van der Waals surface area contributed by atoms with Crippen molar-refractivity contribution < 1.29 is 32.2 Å². The summed E-state index contributed by atoms with van der Waals surface area (Å²) in [4.78, 5) is 23.0. The molecule has 0 bridgehead atoms. The summed E-state index contributed by atoms with van der Waals surface area (Å²) in [5, 5.41) is 2.53. The number of ether oxygens (including phenoxy) is 3. The number of methoxy groups -OCH3 is 3. The summed E-state index contributed by atoms with van der Waals surface area (Å²) in [6.45, 7) is 0.0596. The van der Waals surface area contributed by atoms with Gasteiger partial charge in [-0.2, -0.15) is 4.31 Å². The van der Waals surface area contributed by atoms with Gasteiger partial charge in [-0.1, -0.05) is 12.1 Å². The van der Waals surface area contributed by atoms with Gasteiger partial charge in [0.1, 0.15) is 4.90 Å². The van der Waals surface area contributed by atoms with E-state index in [0.717, 1.165) is 4.31 Å². The van der Waals surface area contributed by atoms with Gasteiger partial charge in [-0.3, -0.25) is 4.79 Å². The van der Waals surface area contributed by atoms with Gasteiger partial charge in [0.05, 0.1) is 21.3 Å². The van der Waals surface area contributed by atoms with Gasteiger partial charge in [-0.15, -0.1) is 0 Å². The second-order valence-corrected chi connectivity index (χ2v) is 8.66. The first-order chi connectivity index (χ1) is 15.2. The molecule has 2 rings (SSSR count). The van der Waals surface area contributed by atoms with Crippen LogP contribution >= 0.6 is 0 Å². The van der Waals surface area contributed by atoms with E-state index in [2.05, 4.69) is 10.1 Å². The molecule has 0 aliphatic carbocycles. The molecule has 0 aliphatic rings. The zero-order valence-electron chi connectivity index (χ0n) is 18.5. The molecule has 2 aromatic rings. The van der Waals surface area contributed by atoms with Gasteiger partial charge in [0.15, 0.2) is 11.5 Å². The average Bonchev–Trinajstić information content (AvgIpc) is 2.81. The van der Waals surface area contributed by atoms with Gasteiger partial charge < -0.3 is 19.5 Å². The molecule has 1 N–H and O–H groups in total. The van der Waals surface area contributed by atoms with Gasteiger partial charge in [0.25, 0.3) is 5.91 Å². The Balaban J connectivity index is 2.43. The van der Waals surface area contributed by atoms with Crippen LogP contribution in [0.4, 0.5) is 0 Å². The lowest BCUT2D eigenvalue weighted by Crippen LogP contribution is -2.27. The predicted molar refractivity (Wildman–Crippen MR) is 119 cm³/mol. The molecule has 0 atom stereocenters. The topological polar surface area (TPSA) is 111 Å². The minimum absolute atomic E-state index is 0.0459. The first kappa shape index (κ1) is 24.9. The Morgan fingerprint density at radius 2 is 1.72 bits per heavy atom. The van der Waals surface area contributed by atoms with Crippen molar-refractivity contribution in [3.63, 3.8) is 0 Å². The Labute approximate surface area is 187 Å². The van der Waals surface area contributed by atoms with E-state index in [1.54, 1.807) is 30.3 Å². The highest BCUT2D eigenvalue weighted by atomic mass is 32.2. The highest BCUT2D eigenvalue weighted by molar-refractivity contribution is 7.89. The predicted octanol–water partition coefficient (Wildman–Crippen LogP) is 2.07. The van der Waals surface area contributed by atoms with Crippen LogP contribution in [0, 0.1) is 0 Å². The molecule has 1 amide bonds. The monoisotopic (exact) mass is 462 g/mol. The quantitative estimate of drug-likeness (QED) is 0.449. The minimum atomic E-state index is -4.01. The summed E-state index contributed by atoms with van der Waals surface area (Å²) < 4.78 is 43.1. The summed E-state index contributed by atoms with van der Waals surface area (Å²) in [5.41, 5.74) is 1.57. The lowest BCUT2D eigenvalue weighted by atomic mass is 10.1. The second-order valence-electron chi connectivity index (χ2n) is 6.65. The number of rotatable bonds is 9. The van der Waals surface area contributed by atoms with Crippen LogP contribution in [0.2, 0.25) is 0 Å². The third-order valence-electron chi connectivity index (χ3n) is 4.62. The first-order valence-corrected chi connectivity index (χ1v) is 10.9. The summed E-state index contributed by atoms with van der Waals surface area (Å²) in [7, 11) is 2.94. The van der Waals surface area contributed by atoms with Gasteiger partial charge in [-0.25, -0.2) is 13.2 Å². The fraction of sp³-hybridized carbons (Fsp3) is 0.273. The highest BCUT2D eigenvalue weighted by Gasteiger charge is 2.28. The first-order valence-electron chi connectivity index (χ1n) is 9.47. The van der Waals surface area contributed by atoms with Crippen molar-refractivity contribution in [3.8, 4) is 11.5 Å². The zero-order chi connectivity index (χ0) is 23.9. The Hall–Kier alpha value is -3.37. The number of amides is 1. The number of hydrogen-bond donors (Lipinski definition) is 1. The number of benzene rings is 2. The van der Waals surface area contributed by atoms with E-state index in [0.29, 0.717) is 16.7 Å². The van der Waals surface area contributed by atoms with Crippen LogP contribution in [0.5, 0.6) is 11.5 Å². The maximum absolute atomic E-state index is 13.4. The van der Waals surface area contributed by atoms with Crippen molar-refractivity contribution in [2.45, 2.75) is 11.4 Å². The van der Waals surface area contributed by atoms with E-state index >= 15 is 0 Å². The molecule has 0 heterocycles. The second kappa shape index (κ2) is 10.8. The van der Waals surface area contributed by atoms with Crippen LogP contribution in [-0.4, -0.2) is 60.0 Å². The minimum Gasteiger partial charge on any atom is -0.493 e. The Morgan fingerprint density at radius 1 is 1.06 bits per heavy atom. The molecule has 0 radical (unpaired) electrons. The van der Waals surface area contributed by atoms with Crippen molar-refractivity contribution in [1.29, 1.82) is 0 Å². The smallest absolute Gasteiger partial charge is 0.330 e. The van der Waals surface area contributed by atoms with Crippen molar-refractivity contribution in [2.75, 3.05) is 35.4 Å². The van der Waals surface area contributed by atoms with Gasteiger partial charge >= 0.3 is 5.97 Å². The van der Waals surface area contributed by atoms with Gasteiger partial charge in [0, 0.05) is 32.3 Å². The molecule has 172 valence electrons. The third kappa shape index (κ3) is 5.65. The molecule has 10 heteroatoms. The van der Waals surface area contributed by atoms with Gasteiger partial charge in [-0.05, 0) is 41.5 Å². The Kier molecular flexibility index (Phi) is 8.39. The number of nitrogens with one attached hydrogen (secondary N) is 1. The normalized spacial score (nSPS) is 11.4. The fourth-order valence-electron chi connectivity index (χ4n) is 2.89. The standard InChI is InChI=1S/C22H26N2O7S/c1-23-22(26)17-9-6-15(7-10-17)14-24(2)32(27,28)19-13-16(8-11-20(25)30-4)12-18(29-3)21(19)31-5/h6-13H,14H2,1-5H3,(H,23,26)/b11-8+. The molecule has 2 aromatic carbocycles. The number of carbonyl (C=O) groups excluding carboxylic acids is 2. The molecule has 0 saturated heterocycles. The average molecular weight is 463 g/mol. The van der Waals surface area contributed by atoms with Crippen molar-refractivity contribution in [2.24, 2.45) is 0 Å². The molecule has 0 unspecified atom stereocenters. The number of carbonyl (C=O) groups is 2. The van der Waals surface area contributed by atoms with Crippen LogP contribution in [0.3, 0.4) is 0 Å². The lowest BCUT2D eigenvalue weighted by Gasteiger charge is -2.21. The Morgan fingerprint density at radius 3 is 2.25 bits per heavy atom. The SMILES string of the molecule is CNC(=O)c1ccc(CN(C)S(=O)(=O)c2cc(/C=C/C(=O)OC)cc(OC)c2OC)cc1. The van der Waals surface area contributed by atoms with Gasteiger partial charge in [0.2, 0.25) is 10.0 Å². The fourth-order valence-corrected chi connectivity index (χ4v) is 4.24. The molecule has 0 aliphatic heterocycles. The summed E-state index contributed by atoms with van der Waals surface area (Å²) in [6, 6.07) is 9.55. The van der Waals surface area contributed by atoms with E-state index in [4.69, 9.17) is 9.47 Å². The number of hydrogen-bond acceptors (Lipinski definition) is 7. The van der Waals surface area contributed by atoms with Crippen LogP contribution in [0.15, 0.2) is 47.4 Å². The zero-order valence-corrected chi connectivity index (χ0v) is 19.4. The molecule has 32 heavy (non-hydrogen) atoms. The molecular formula is C22H26N2O7S. The van der Waals surface area contributed by atoms with Crippen LogP contribution in [0.25, 0.3) is 6.08 Å². The molecule has 9 nitrogen and oxygen atoms in total. The van der Waals surface area contributed by atoms with Crippen molar-refractivity contribution >= 4 is 28.0 Å². The number of sulfonamides is 1. The van der Waals surface area contributed by atoms with Crippen molar-refractivity contribution in [3.05, 3.63) is 59.2 Å². The molecular weight excluding hydrogens is 436 g/mol. The molecule has 0 fully saturated rings. The Bertz CT molecular complexity index is 1110. The van der Waals surface area contributed by atoms with E-state index in [1.165, 1.54) is 53.6 Å². The number of esters is 1. The van der Waals surface area contributed by atoms with Crippen LogP contribution in [0.1, 0.15) is 21.5 Å². The van der Waals surface area contributed by atoms with E-state index in [-0.39, 0.29) is 28.8 Å². The largest absolute Gasteiger partial charge is 0.493 e. The highest BCUT2D eigenvalue weighted by Crippen LogP contribution is 2.37. The van der Waals surface area contributed by atoms with E-state index in [9.17, 15) is 18.0 Å². The third-order valence-corrected chi connectivity index (χ3v) is 6.43. The molecule has 0 aromatic heterocycles. The lowest BCUT2D eigenvalue weighted by molar-refractivity contribution is -0.134. The summed E-state index contributed by atoms with van der Waals surface area (Å²) in [6.07, 6.45) is 2.60. The molecule has 0 saturated carbocycles. The van der Waals surface area contributed by atoms with E-state index < -0.39 is 16.0 Å². The molecule has 0 spiro atoms. The maximum atomic E-state index is 13.4. The maximum Gasteiger partial charge on any atom is 0.330 e. The summed E-state index contributed by atoms with van der Waals surface area (Å²) >= 11 is 0. The van der Waals surface area contributed by atoms with E-state index in [1.807, 2.05) is 0 Å². The number of nitrogens with zero attached hydrogens (tertiary/aromatic N) is 1. The van der Waals surface area contributed by atoms with Crippen molar-refractivity contribution in [1.82, 2.24) is 9.62 Å². The van der Waals surface area contributed by atoms with Crippen LogP contribution < -0.4 is 14.8 Å². The summed E-state index contributed by atoms with van der Waals surface area (Å²) in [5.74, 6) is -0.571. The van der Waals surface area contributed by atoms with Crippen LogP contribution in [-0.2, 0) is 26.1 Å².